The van der Waals surface area contributed by atoms with Crippen LogP contribution in [0.3, 0.4) is 0 Å². The molecule has 0 aromatic heterocycles. The van der Waals surface area contributed by atoms with E-state index in [1.54, 1.807) is 31.3 Å². The van der Waals surface area contributed by atoms with E-state index < -0.39 is 12.0 Å². The molecule has 1 saturated carbocycles. The molecule has 3 unspecified atom stereocenters. The zero-order valence-corrected chi connectivity index (χ0v) is 21.9. The topological polar surface area (TPSA) is 68.2 Å². The zero-order valence-electron chi connectivity index (χ0n) is 21.1. The van der Waals surface area contributed by atoms with Gasteiger partial charge in [0.1, 0.15) is 5.78 Å². The number of Topliss-reactive ketones (excluding diaryl/α,β-unsaturated/α-hetero) is 1. The fourth-order valence-corrected chi connectivity index (χ4v) is 5.63. The van der Waals surface area contributed by atoms with Gasteiger partial charge in [-0.15, -0.1) is 0 Å². The molecule has 0 radical (unpaired) electrons. The van der Waals surface area contributed by atoms with Crippen LogP contribution < -0.4 is 14.4 Å². The quantitative estimate of drug-likeness (QED) is 0.379. The third kappa shape index (κ3) is 4.62. The molecule has 0 saturated heterocycles. The summed E-state index contributed by atoms with van der Waals surface area (Å²) >= 11 is 6.20. The predicted molar refractivity (Wildman–Crippen MR) is 146 cm³/mol. The van der Waals surface area contributed by atoms with Gasteiger partial charge in [0.15, 0.2) is 11.5 Å². The highest BCUT2D eigenvalue weighted by atomic mass is 35.5. The highest BCUT2D eigenvalue weighted by Gasteiger charge is 2.46. The Morgan fingerprint density at radius 3 is 2.38 bits per heavy atom. The summed E-state index contributed by atoms with van der Waals surface area (Å²) in [4.78, 5) is 34.3. The zero-order chi connectivity index (χ0) is 26.1. The smallest absolute Gasteiger partial charge is 0.227 e. The van der Waals surface area contributed by atoms with Crippen LogP contribution >= 0.6 is 11.6 Å². The molecule has 0 spiro atoms. The van der Waals surface area contributed by atoms with Gasteiger partial charge in [-0.25, -0.2) is 0 Å². The fraction of sp³-hybridized carbons (Fsp3) is 0.300. The van der Waals surface area contributed by atoms with Crippen molar-refractivity contribution < 1.29 is 19.1 Å². The molecule has 1 heterocycles. The second-order valence-corrected chi connectivity index (χ2v) is 9.81. The highest BCUT2D eigenvalue weighted by Crippen LogP contribution is 2.48. The number of amides is 1. The first-order chi connectivity index (χ1) is 17.9. The summed E-state index contributed by atoms with van der Waals surface area (Å²) < 4.78 is 10.9. The second-order valence-electron chi connectivity index (χ2n) is 9.37. The van der Waals surface area contributed by atoms with Gasteiger partial charge in [0.2, 0.25) is 5.91 Å². The van der Waals surface area contributed by atoms with Crippen LogP contribution in [-0.2, 0) is 9.59 Å². The van der Waals surface area contributed by atoms with E-state index in [1.807, 2.05) is 61.5 Å². The highest BCUT2D eigenvalue weighted by molar-refractivity contribution is 6.30. The van der Waals surface area contributed by atoms with Crippen LogP contribution in [-0.4, -0.2) is 31.6 Å². The van der Waals surface area contributed by atoms with Crippen LogP contribution in [0.5, 0.6) is 11.5 Å². The number of rotatable bonds is 5. The van der Waals surface area contributed by atoms with Crippen molar-refractivity contribution in [2.24, 2.45) is 10.9 Å². The van der Waals surface area contributed by atoms with Gasteiger partial charge in [0.05, 0.1) is 37.6 Å². The Balaban J connectivity index is 1.64. The van der Waals surface area contributed by atoms with Crippen molar-refractivity contribution in [3.05, 3.63) is 82.9 Å². The van der Waals surface area contributed by atoms with Gasteiger partial charge in [-0.05, 0) is 59.9 Å². The van der Waals surface area contributed by atoms with E-state index in [4.69, 9.17) is 26.1 Å². The SMILES string of the molecule is CCC(=O)N1c2ccccc2N=C2CC(c3ccc(OC)c(OC)c3)CC(=O)C2C1c1ccc(Cl)cc1. The Bertz CT molecular complexity index is 1370. The number of hydrogen-bond acceptors (Lipinski definition) is 5. The first-order valence-electron chi connectivity index (χ1n) is 12.4. The number of methoxy groups -OCH3 is 2. The molecule has 1 aliphatic heterocycles. The van der Waals surface area contributed by atoms with Crippen LogP contribution in [0.2, 0.25) is 5.02 Å². The van der Waals surface area contributed by atoms with Gasteiger partial charge in [-0.3, -0.25) is 14.6 Å². The molecule has 5 rings (SSSR count). The van der Waals surface area contributed by atoms with E-state index in [0.29, 0.717) is 47.2 Å². The van der Waals surface area contributed by atoms with Crippen molar-refractivity contribution in [2.45, 2.75) is 38.1 Å². The molecule has 0 bridgehead atoms. The molecule has 0 N–H and O–H groups in total. The number of hydrogen-bond donors (Lipinski definition) is 0. The third-order valence-corrected chi connectivity index (χ3v) is 7.52. The summed E-state index contributed by atoms with van der Waals surface area (Å²) in [6, 6.07) is 20.3. The lowest BCUT2D eigenvalue weighted by molar-refractivity contribution is -0.123. The van der Waals surface area contributed by atoms with Crippen LogP contribution in [0, 0.1) is 5.92 Å². The summed E-state index contributed by atoms with van der Waals surface area (Å²) in [5.41, 5.74) is 4.05. The maximum Gasteiger partial charge on any atom is 0.227 e. The Hall–Kier alpha value is -3.64. The number of ketones is 1. The number of benzene rings is 3. The van der Waals surface area contributed by atoms with E-state index in [-0.39, 0.29) is 17.6 Å². The molecule has 190 valence electrons. The molecule has 37 heavy (non-hydrogen) atoms. The van der Waals surface area contributed by atoms with Gasteiger partial charge < -0.3 is 14.4 Å². The molecule has 7 heteroatoms. The van der Waals surface area contributed by atoms with Crippen LogP contribution in [0.25, 0.3) is 0 Å². The maximum atomic E-state index is 14.0. The van der Waals surface area contributed by atoms with Gasteiger partial charge in [0, 0.05) is 23.6 Å². The van der Waals surface area contributed by atoms with Gasteiger partial charge in [0.25, 0.3) is 0 Å². The number of nitrogens with zero attached hydrogens (tertiary/aromatic N) is 2. The standard InChI is InChI=1S/C30H29ClN2O4/c1-4-28(35)33-24-8-6-5-7-22(24)32-23-15-20(19-11-14-26(36-2)27(17-19)37-3)16-25(34)29(23)30(33)18-9-12-21(31)13-10-18/h5-14,17,20,29-30H,4,15-16H2,1-3H3. The molecule has 6 nitrogen and oxygen atoms in total. The van der Waals surface area contributed by atoms with Crippen molar-refractivity contribution >= 4 is 40.4 Å². The minimum Gasteiger partial charge on any atom is -0.493 e. The summed E-state index contributed by atoms with van der Waals surface area (Å²) in [7, 11) is 3.20. The Morgan fingerprint density at radius 1 is 0.973 bits per heavy atom. The average molecular weight is 517 g/mol. The van der Waals surface area contributed by atoms with Crippen molar-refractivity contribution in [1.29, 1.82) is 0 Å². The minimum atomic E-state index is -0.555. The number of halogens is 1. The molecule has 3 aromatic rings. The monoisotopic (exact) mass is 516 g/mol. The Morgan fingerprint density at radius 2 is 1.68 bits per heavy atom. The van der Waals surface area contributed by atoms with Crippen LogP contribution in [0.1, 0.15) is 49.3 Å². The molecule has 3 aromatic carbocycles. The normalized spacial score (nSPS) is 20.9. The van der Waals surface area contributed by atoms with Crippen molar-refractivity contribution in [1.82, 2.24) is 0 Å². The van der Waals surface area contributed by atoms with E-state index in [0.717, 1.165) is 16.8 Å². The molecule has 1 fully saturated rings. The average Bonchev–Trinajstić information content (AvgIpc) is 3.07. The number of carbonyl (C=O) groups is 2. The van der Waals surface area contributed by atoms with Gasteiger partial charge in [-0.1, -0.05) is 48.9 Å². The second kappa shape index (κ2) is 10.4. The van der Waals surface area contributed by atoms with Crippen LogP contribution in [0.15, 0.2) is 71.7 Å². The van der Waals surface area contributed by atoms with E-state index in [1.165, 1.54) is 0 Å². The molecular formula is C30H29ClN2O4. The number of carbonyl (C=O) groups excluding carboxylic acids is 2. The van der Waals surface area contributed by atoms with Crippen molar-refractivity contribution in [3.63, 3.8) is 0 Å². The lowest BCUT2D eigenvalue weighted by atomic mass is 9.72. The van der Waals surface area contributed by atoms with E-state index >= 15 is 0 Å². The maximum absolute atomic E-state index is 14.0. The lowest BCUT2D eigenvalue weighted by Gasteiger charge is -2.39. The number of ether oxygens (including phenoxy) is 2. The largest absolute Gasteiger partial charge is 0.493 e. The van der Waals surface area contributed by atoms with Crippen molar-refractivity contribution in [2.75, 3.05) is 19.1 Å². The van der Waals surface area contributed by atoms with Gasteiger partial charge in [-0.2, -0.15) is 0 Å². The van der Waals surface area contributed by atoms with Crippen LogP contribution in [0.4, 0.5) is 11.4 Å². The minimum absolute atomic E-state index is 0.0568. The first kappa shape index (κ1) is 25.0. The number of aliphatic imine (C=N–C) groups is 1. The summed E-state index contributed by atoms with van der Waals surface area (Å²) in [6.07, 6.45) is 1.25. The Labute approximate surface area is 221 Å². The molecule has 1 aliphatic carbocycles. The molecule has 1 amide bonds. The third-order valence-electron chi connectivity index (χ3n) is 7.27. The first-order valence-corrected chi connectivity index (χ1v) is 12.8. The number of fused-ring (bicyclic) bond motifs is 2. The van der Waals surface area contributed by atoms with E-state index in [9.17, 15) is 9.59 Å². The molecular weight excluding hydrogens is 488 g/mol. The summed E-state index contributed by atoms with van der Waals surface area (Å²) in [6.45, 7) is 1.84. The Kier molecular flexibility index (Phi) is 7.02. The number of para-hydroxylation sites is 2. The summed E-state index contributed by atoms with van der Waals surface area (Å²) in [5, 5.41) is 0.600. The fourth-order valence-electron chi connectivity index (χ4n) is 5.50. The molecule has 3 atom stereocenters. The van der Waals surface area contributed by atoms with E-state index in [2.05, 4.69) is 0 Å². The summed E-state index contributed by atoms with van der Waals surface area (Å²) in [5.74, 6) is 0.657. The lowest BCUT2D eigenvalue weighted by Crippen LogP contribution is -2.45. The van der Waals surface area contributed by atoms with Crippen molar-refractivity contribution in [3.8, 4) is 11.5 Å². The van der Waals surface area contributed by atoms with Gasteiger partial charge >= 0.3 is 0 Å². The number of anilines is 1. The predicted octanol–water partition coefficient (Wildman–Crippen LogP) is 6.69. The molecule has 2 aliphatic rings.